The van der Waals surface area contributed by atoms with Crippen LogP contribution < -0.4 is 25.8 Å². The van der Waals surface area contributed by atoms with E-state index >= 15 is 0 Å². The molecular weight excluding hydrogens is 607 g/mol. The summed E-state index contributed by atoms with van der Waals surface area (Å²) in [5.74, 6) is 2.64. The standard InChI is InChI=1S/C31H40F3N7O3S/c32-31(33,34)44-26-4-2-1-3-21(26)16-38-29-39-17-24(14-35)28(41-29)40-18-30-11-20-9-22(12-30)27(23(10-20)13-30)37-15-19-5-7-25(8-6-19)45(36,42)43/h1-4,17,19-20,22-23,25,27,37H,5-13,15-16,18H2,(H2,36,42,43)(H2,38,39,40,41)/t19?,20?,22-,23+,25?,27?,30?. The van der Waals surface area contributed by atoms with E-state index in [2.05, 4.69) is 36.7 Å². The highest BCUT2D eigenvalue weighted by Gasteiger charge is 2.55. The van der Waals surface area contributed by atoms with Gasteiger partial charge in [-0.1, -0.05) is 18.2 Å². The van der Waals surface area contributed by atoms with Gasteiger partial charge in [-0.25, -0.2) is 18.5 Å². The van der Waals surface area contributed by atoms with Crippen molar-refractivity contribution in [2.45, 2.75) is 82.0 Å². The van der Waals surface area contributed by atoms with E-state index in [0.29, 0.717) is 66.0 Å². The average molecular weight is 648 g/mol. The predicted octanol–water partition coefficient (Wildman–Crippen LogP) is 4.90. The highest BCUT2D eigenvalue weighted by atomic mass is 32.2. The van der Waals surface area contributed by atoms with E-state index in [1.165, 1.54) is 37.2 Å². The summed E-state index contributed by atoms with van der Waals surface area (Å²) < 4.78 is 66.1. The summed E-state index contributed by atoms with van der Waals surface area (Å²) in [6, 6.07) is 8.50. The van der Waals surface area contributed by atoms with Gasteiger partial charge in [0.15, 0.2) is 0 Å². The van der Waals surface area contributed by atoms with Crippen LogP contribution in [0, 0.1) is 40.4 Å². The summed E-state index contributed by atoms with van der Waals surface area (Å²) in [6.07, 6.45) is 5.45. The zero-order valence-electron chi connectivity index (χ0n) is 25.0. The molecule has 2 aromatic rings. The number of primary sulfonamides is 1. The van der Waals surface area contributed by atoms with Gasteiger partial charge < -0.3 is 20.7 Å². The molecule has 1 aromatic carbocycles. The Kier molecular flexibility index (Phi) is 8.88. The van der Waals surface area contributed by atoms with Crippen molar-refractivity contribution < 1.29 is 26.3 Å². The number of hydrogen-bond donors (Lipinski definition) is 4. The summed E-state index contributed by atoms with van der Waals surface area (Å²) in [7, 11) is -3.45. The number of anilines is 2. The Balaban J connectivity index is 1.06. The lowest BCUT2D eigenvalue weighted by atomic mass is 9.48. The van der Waals surface area contributed by atoms with Crippen LogP contribution >= 0.6 is 0 Å². The van der Waals surface area contributed by atoms with Crippen molar-refractivity contribution in [3.8, 4) is 11.8 Å². The molecule has 4 bridgehead atoms. The number of nitriles is 1. The Bertz CT molecular complexity index is 1510. The number of alkyl halides is 3. The van der Waals surface area contributed by atoms with Crippen molar-refractivity contribution in [3.05, 3.63) is 41.6 Å². The minimum absolute atomic E-state index is 0.00845. The molecule has 0 saturated heterocycles. The summed E-state index contributed by atoms with van der Waals surface area (Å²) in [5.41, 5.74) is 0.717. The fraction of sp³-hybridized carbons (Fsp3) is 0.645. The molecule has 244 valence electrons. The van der Waals surface area contributed by atoms with Gasteiger partial charge in [0, 0.05) is 24.7 Å². The van der Waals surface area contributed by atoms with Crippen LogP contribution in [-0.2, 0) is 16.6 Å². The van der Waals surface area contributed by atoms with Crippen LogP contribution in [0.4, 0.5) is 24.9 Å². The molecular formula is C31H40F3N7O3S. The first-order valence-corrected chi connectivity index (χ1v) is 17.3. The third-order valence-electron chi connectivity index (χ3n) is 10.5. The molecule has 0 aliphatic heterocycles. The molecule has 45 heavy (non-hydrogen) atoms. The van der Waals surface area contributed by atoms with Crippen molar-refractivity contribution in [2.75, 3.05) is 23.7 Å². The third-order valence-corrected chi connectivity index (χ3v) is 11.9. The number of benzene rings is 1. The lowest BCUT2D eigenvalue weighted by molar-refractivity contribution is -0.274. The van der Waals surface area contributed by atoms with Crippen molar-refractivity contribution in [1.82, 2.24) is 15.3 Å². The molecule has 5 aliphatic rings. The van der Waals surface area contributed by atoms with Crippen LogP contribution in [0.1, 0.15) is 68.9 Å². The number of nitrogens with one attached hydrogen (secondary N) is 3. The summed E-state index contributed by atoms with van der Waals surface area (Å²) in [4.78, 5) is 8.72. The first kappa shape index (κ1) is 31.8. The summed E-state index contributed by atoms with van der Waals surface area (Å²) in [5, 5.41) is 25.0. The van der Waals surface area contributed by atoms with Crippen molar-refractivity contribution in [1.29, 1.82) is 5.26 Å². The topological polar surface area (TPSA) is 155 Å². The maximum atomic E-state index is 12.8. The van der Waals surface area contributed by atoms with Gasteiger partial charge in [-0.15, -0.1) is 13.2 Å². The molecule has 5 saturated carbocycles. The number of para-hydroxylation sites is 1. The quantitative estimate of drug-likeness (QED) is 0.267. The van der Waals surface area contributed by atoms with E-state index in [1.54, 1.807) is 6.07 Å². The Labute approximate surface area is 261 Å². The molecule has 5 N–H and O–H groups in total. The van der Waals surface area contributed by atoms with E-state index in [1.807, 2.05) is 0 Å². The molecule has 7 rings (SSSR count). The smallest absolute Gasteiger partial charge is 0.405 e. The minimum Gasteiger partial charge on any atom is -0.405 e. The van der Waals surface area contributed by atoms with Gasteiger partial charge in [-0.2, -0.15) is 10.2 Å². The van der Waals surface area contributed by atoms with E-state index in [4.69, 9.17) is 5.14 Å². The van der Waals surface area contributed by atoms with E-state index in [9.17, 15) is 26.9 Å². The fourth-order valence-corrected chi connectivity index (χ4v) is 9.64. The first-order chi connectivity index (χ1) is 21.4. The molecule has 3 unspecified atom stereocenters. The van der Waals surface area contributed by atoms with Gasteiger partial charge in [0.1, 0.15) is 23.2 Å². The number of aromatic nitrogens is 2. The van der Waals surface area contributed by atoms with Gasteiger partial charge in [-0.05, 0) is 99.5 Å². The molecule has 5 aliphatic carbocycles. The molecule has 1 heterocycles. The fourth-order valence-electron chi connectivity index (χ4n) is 8.71. The van der Waals surface area contributed by atoms with Crippen LogP contribution in [0.15, 0.2) is 30.5 Å². The second-order valence-corrected chi connectivity index (χ2v) is 15.4. The van der Waals surface area contributed by atoms with Gasteiger partial charge in [0.2, 0.25) is 16.0 Å². The Morgan fingerprint density at radius 2 is 1.78 bits per heavy atom. The zero-order valence-corrected chi connectivity index (χ0v) is 25.8. The normalized spacial score (nSPS) is 30.9. The second kappa shape index (κ2) is 12.6. The highest BCUT2D eigenvalue weighted by Crippen LogP contribution is 2.60. The molecule has 0 radical (unpaired) electrons. The Hall–Kier alpha value is -3.15. The van der Waals surface area contributed by atoms with Crippen LogP contribution in [0.5, 0.6) is 5.75 Å². The van der Waals surface area contributed by atoms with Crippen LogP contribution in [0.25, 0.3) is 0 Å². The van der Waals surface area contributed by atoms with E-state index in [-0.39, 0.29) is 23.7 Å². The number of sulfonamides is 1. The van der Waals surface area contributed by atoms with Crippen molar-refractivity contribution in [3.63, 3.8) is 0 Å². The van der Waals surface area contributed by atoms with Crippen LogP contribution in [0.2, 0.25) is 0 Å². The van der Waals surface area contributed by atoms with Crippen LogP contribution in [0.3, 0.4) is 0 Å². The summed E-state index contributed by atoms with van der Waals surface area (Å²) in [6.45, 7) is 1.61. The van der Waals surface area contributed by atoms with Gasteiger partial charge in [0.25, 0.3) is 0 Å². The van der Waals surface area contributed by atoms with E-state index < -0.39 is 21.6 Å². The predicted molar refractivity (Wildman–Crippen MR) is 162 cm³/mol. The maximum Gasteiger partial charge on any atom is 0.573 e. The zero-order chi connectivity index (χ0) is 31.8. The number of nitrogens with zero attached hydrogens (tertiary/aromatic N) is 3. The molecule has 0 amide bonds. The van der Waals surface area contributed by atoms with Crippen molar-refractivity contribution >= 4 is 21.8 Å². The lowest BCUT2D eigenvalue weighted by Crippen LogP contribution is -2.60. The molecule has 5 fully saturated rings. The molecule has 5 atom stereocenters. The SMILES string of the molecule is N#Cc1cnc(NCc2ccccc2OC(F)(F)F)nc1NCC12CC3C[C@H](C1)C(NCC1CCC(S(N)(=O)=O)CC1)[C@@H](C3)C2. The first-order valence-electron chi connectivity index (χ1n) is 15.7. The number of ether oxygens (including phenoxy) is 1. The minimum atomic E-state index is -4.80. The number of nitrogens with two attached hydrogens (primary N) is 1. The highest BCUT2D eigenvalue weighted by molar-refractivity contribution is 7.89. The van der Waals surface area contributed by atoms with Gasteiger partial charge in [0.05, 0.1) is 11.4 Å². The Morgan fingerprint density at radius 1 is 1.07 bits per heavy atom. The average Bonchev–Trinajstić information content (AvgIpc) is 2.98. The third kappa shape index (κ3) is 7.47. The Morgan fingerprint density at radius 3 is 2.44 bits per heavy atom. The molecule has 14 heteroatoms. The second-order valence-electron chi connectivity index (χ2n) is 13.6. The van der Waals surface area contributed by atoms with Crippen LogP contribution in [-0.4, -0.2) is 49.1 Å². The number of hydrogen-bond acceptors (Lipinski definition) is 9. The number of halogens is 3. The molecule has 0 spiro atoms. The molecule has 1 aromatic heterocycles. The monoisotopic (exact) mass is 647 g/mol. The maximum absolute atomic E-state index is 12.8. The number of rotatable bonds is 11. The summed E-state index contributed by atoms with van der Waals surface area (Å²) >= 11 is 0. The largest absolute Gasteiger partial charge is 0.573 e. The van der Waals surface area contributed by atoms with Gasteiger partial charge >= 0.3 is 6.36 Å². The van der Waals surface area contributed by atoms with Crippen molar-refractivity contribution in [2.24, 2.45) is 34.2 Å². The molecule has 10 nitrogen and oxygen atoms in total. The van der Waals surface area contributed by atoms with Gasteiger partial charge in [-0.3, -0.25) is 0 Å². The lowest BCUT2D eigenvalue weighted by Gasteiger charge is -2.60. The van der Waals surface area contributed by atoms with E-state index in [0.717, 1.165) is 38.6 Å².